The van der Waals surface area contributed by atoms with Crippen LogP contribution in [0.3, 0.4) is 0 Å². The minimum absolute atomic E-state index is 0.153. The summed E-state index contributed by atoms with van der Waals surface area (Å²) in [4.78, 5) is 0.681. The van der Waals surface area contributed by atoms with Crippen LogP contribution in [0.25, 0.3) is 0 Å². The van der Waals surface area contributed by atoms with Crippen LogP contribution in [-0.2, 0) is 12.3 Å². The molecule has 0 aliphatic carbocycles. The van der Waals surface area contributed by atoms with E-state index in [1.54, 1.807) is 6.07 Å². The molecule has 4 heteroatoms. The fraction of sp³-hybridized carbons (Fsp3) is 0.250. The number of rotatable bonds is 6. The molecule has 2 rings (SSSR count). The molecule has 0 unspecified atom stereocenters. The van der Waals surface area contributed by atoms with Gasteiger partial charge < -0.3 is 5.32 Å². The zero-order chi connectivity index (χ0) is 14.4. The van der Waals surface area contributed by atoms with Gasteiger partial charge >= 0.3 is 0 Å². The quantitative estimate of drug-likeness (QED) is 0.763. The number of hydrogen-bond donors (Lipinski definition) is 1. The Labute approximate surface area is 128 Å². The number of nitrogens with one attached hydrogen (secondary N) is 1. The minimum atomic E-state index is -0.153. The van der Waals surface area contributed by atoms with Crippen LogP contribution < -0.4 is 5.32 Å². The molecule has 0 heterocycles. The summed E-state index contributed by atoms with van der Waals surface area (Å²) in [5, 5.41) is 3.91. The number of thioether (sulfide) groups is 1. The summed E-state index contributed by atoms with van der Waals surface area (Å²) >= 11 is 7.34. The van der Waals surface area contributed by atoms with Gasteiger partial charge in [-0.25, -0.2) is 4.39 Å². The highest BCUT2D eigenvalue weighted by Crippen LogP contribution is 2.26. The predicted octanol–water partition coefficient (Wildman–Crippen LogP) is 4.88. The maximum absolute atomic E-state index is 14.0. The van der Waals surface area contributed by atoms with Crippen molar-refractivity contribution in [3.8, 4) is 0 Å². The molecule has 1 N–H and O–H groups in total. The van der Waals surface area contributed by atoms with Crippen molar-refractivity contribution in [2.75, 3.05) is 6.54 Å². The molecule has 0 saturated carbocycles. The van der Waals surface area contributed by atoms with Crippen molar-refractivity contribution in [1.29, 1.82) is 0 Å². The monoisotopic (exact) mass is 309 g/mol. The second-order valence-electron chi connectivity index (χ2n) is 4.46. The molecule has 0 aliphatic rings. The zero-order valence-corrected chi connectivity index (χ0v) is 12.9. The van der Waals surface area contributed by atoms with E-state index >= 15 is 0 Å². The largest absolute Gasteiger partial charge is 0.313 e. The molecular formula is C16H17ClFNS. The lowest BCUT2D eigenvalue weighted by atomic mass is 10.2. The van der Waals surface area contributed by atoms with Gasteiger partial charge in [0.2, 0.25) is 0 Å². The van der Waals surface area contributed by atoms with Gasteiger partial charge in [0.15, 0.2) is 0 Å². The molecule has 0 amide bonds. The third kappa shape index (κ3) is 4.51. The van der Waals surface area contributed by atoms with Crippen molar-refractivity contribution in [1.82, 2.24) is 5.32 Å². The van der Waals surface area contributed by atoms with Crippen molar-refractivity contribution >= 4 is 23.4 Å². The van der Waals surface area contributed by atoms with Crippen LogP contribution in [0.5, 0.6) is 0 Å². The van der Waals surface area contributed by atoms with E-state index in [1.165, 1.54) is 11.8 Å². The molecule has 0 spiro atoms. The highest BCUT2D eigenvalue weighted by atomic mass is 35.5. The summed E-state index contributed by atoms with van der Waals surface area (Å²) in [6, 6.07) is 13.1. The second kappa shape index (κ2) is 7.67. The molecule has 1 nitrogen and oxygen atoms in total. The first-order valence-corrected chi connectivity index (χ1v) is 7.92. The van der Waals surface area contributed by atoms with Crippen LogP contribution in [0.1, 0.15) is 18.1 Å². The molecular weight excluding hydrogens is 293 g/mol. The van der Waals surface area contributed by atoms with Gasteiger partial charge in [0.05, 0.1) is 0 Å². The Morgan fingerprint density at radius 3 is 2.45 bits per heavy atom. The lowest BCUT2D eigenvalue weighted by molar-refractivity contribution is 0.596. The van der Waals surface area contributed by atoms with Gasteiger partial charge in [-0.1, -0.05) is 36.7 Å². The molecule has 0 bridgehead atoms. The van der Waals surface area contributed by atoms with Gasteiger partial charge in [0.25, 0.3) is 0 Å². The molecule has 20 heavy (non-hydrogen) atoms. The van der Waals surface area contributed by atoms with Gasteiger partial charge in [-0.2, -0.15) is 0 Å². The first kappa shape index (κ1) is 15.4. The van der Waals surface area contributed by atoms with Gasteiger partial charge in [0, 0.05) is 22.2 Å². The summed E-state index contributed by atoms with van der Waals surface area (Å²) in [5.74, 6) is 0.583. The average molecular weight is 310 g/mol. The Hall–Kier alpha value is -1.03. The van der Waals surface area contributed by atoms with E-state index in [-0.39, 0.29) is 5.82 Å². The smallest absolute Gasteiger partial charge is 0.137 e. The topological polar surface area (TPSA) is 12.0 Å². The van der Waals surface area contributed by atoms with Crippen LogP contribution in [0.15, 0.2) is 47.4 Å². The molecule has 2 aromatic rings. The lowest BCUT2D eigenvalue weighted by Gasteiger charge is -2.07. The third-order valence-electron chi connectivity index (χ3n) is 2.88. The first-order chi connectivity index (χ1) is 9.69. The Bertz CT molecular complexity index is 557. The van der Waals surface area contributed by atoms with Crippen LogP contribution in [0.4, 0.5) is 4.39 Å². The van der Waals surface area contributed by atoms with Crippen LogP contribution in [0.2, 0.25) is 5.02 Å². The van der Waals surface area contributed by atoms with Crippen LogP contribution in [0, 0.1) is 5.82 Å². The second-order valence-corrected chi connectivity index (χ2v) is 5.91. The predicted molar refractivity (Wildman–Crippen MR) is 84.8 cm³/mol. The van der Waals surface area contributed by atoms with Gasteiger partial charge in [-0.3, -0.25) is 0 Å². The van der Waals surface area contributed by atoms with Crippen LogP contribution in [-0.4, -0.2) is 6.54 Å². The summed E-state index contributed by atoms with van der Waals surface area (Å²) in [5.41, 5.74) is 2.11. The van der Waals surface area contributed by atoms with E-state index in [0.717, 1.165) is 28.4 Å². The number of benzene rings is 2. The summed E-state index contributed by atoms with van der Waals surface area (Å²) < 4.78 is 14.0. The highest BCUT2D eigenvalue weighted by molar-refractivity contribution is 7.98. The van der Waals surface area contributed by atoms with Gasteiger partial charge in [-0.05, 0) is 41.9 Å². The van der Waals surface area contributed by atoms with Crippen molar-refractivity contribution in [2.24, 2.45) is 0 Å². The molecule has 0 atom stereocenters. The number of hydrogen-bond acceptors (Lipinski definition) is 2. The fourth-order valence-electron chi connectivity index (χ4n) is 1.78. The molecule has 0 aliphatic heterocycles. The fourth-order valence-corrected chi connectivity index (χ4v) is 2.78. The lowest BCUT2D eigenvalue weighted by Crippen LogP contribution is -2.11. The molecule has 2 aromatic carbocycles. The summed E-state index contributed by atoms with van der Waals surface area (Å²) in [6.45, 7) is 3.62. The van der Waals surface area contributed by atoms with E-state index in [0.29, 0.717) is 11.4 Å². The highest BCUT2D eigenvalue weighted by Gasteiger charge is 2.05. The van der Waals surface area contributed by atoms with Gasteiger partial charge in [-0.15, -0.1) is 11.8 Å². The van der Waals surface area contributed by atoms with E-state index in [2.05, 4.69) is 5.32 Å². The Kier molecular flexibility index (Phi) is 5.89. The molecule has 0 fully saturated rings. The minimum Gasteiger partial charge on any atom is -0.313 e. The number of halogens is 2. The van der Waals surface area contributed by atoms with Gasteiger partial charge in [0.1, 0.15) is 5.82 Å². The Balaban J connectivity index is 1.97. The standard InChI is InChI=1S/C16H17ClFNS/c1-2-19-10-13-5-8-16(15(18)9-13)20-11-12-3-6-14(17)7-4-12/h3-9,19H,2,10-11H2,1H3. The Morgan fingerprint density at radius 2 is 1.80 bits per heavy atom. The van der Waals surface area contributed by atoms with Crippen LogP contribution >= 0.6 is 23.4 Å². The SMILES string of the molecule is CCNCc1ccc(SCc2ccc(Cl)cc2)c(F)c1. The van der Waals surface area contributed by atoms with E-state index in [4.69, 9.17) is 11.6 Å². The van der Waals surface area contributed by atoms with E-state index in [9.17, 15) is 4.39 Å². The van der Waals surface area contributed by atoms with Crippen molar-refractivity contribution in [3.63, 3.8) is 0 Å². The normalized spacial score (nSPS) is 10.8. The zero-order valence-electron chi connectivity index (χ0n) is 11.3. The van der Waals surface area contributed by atoms with E-state index < -0.39 is 0 Å². The maximum Gasteiger partial charge on any atom is 0.137 e. The van der Waals surface area contributed by atoms with Crippen molar-refractivity contribution in [2.45, 2.75) is 24.1 Å². The Morgan fingerprint density at radius 1 is 1.10 bits per heavy atom. The van der Waals surface area contributed by atoms with Crippen molar-refractivity contribution in [3.05, 3.63) is 64.4 Å². The summed E-state index contributed by atoms with van der Waals surface area (Å²) in [6.07, 6.45) is 0. The average Bonchev–Trinajstić information content (AvgIpc) is 2.46. The maximum atomic E-state index is 14.0. The van der Waals surface area contributed by atoms with E-state index in [1.807, 2.05) is 43.3 Å². The first-order valence-electron chi connectivity index (χ1n) is 6.55. The van der Waals surface area contributed by atoms with Crippen molar-refractivity contribution < 1.29 is 4.39 Å². The third-order valence-corrected chi connectivity index (χ3v) is 4.25. The molecule has 0 radical (unpaired) electrons. The summed E-state index contributed by atoms with van der Waals surface area (Å²) in [7, 11) is 0. The molecule has 0 aromatic heterocycles. The molecule has 106 valence electrons. The molecule has 0 saturated heterocycles.